The van der Waals surface area contributed by atoms with Crippen LogP contribution in [0.3, 0.4) is 0 Å². The van der Waals surface area contributed by atoms with Crippen LogP contribution in [0, 0.1) is 6.92 Å². The Balaban J connectivity index is 2.11. The van der Waals surface area contributed by atoms with Crippen LogP contribution >= 0.6 is 11.8 Å². The topological polar surface area (TPSA) is 49.8 Å². The molecule has 1 atom stereocenters. The quantitative estimate of drug-likeness (QED) is 0.806. The van der Waals surface area contributed by atoms with Gasteiger partial charge in [0.05, 0.1) is 0 Å². The second-order valence-corrected chi connectivity index (χ2v) is 6.67. The Hall–Kier alpha value is -0.970. The summed E-state index contributed by atoms with van der Waals surface area (Å²) in [6.07, 6.45) is 4.69. The SMILES string of the molecule is CCCc1nc(NCC)c(C)c(NCC2CCCS2)n1. The summed E-state index contributed by atoms with van der Waals surface area (Å²) >= 11 is 2.07. The normalized spacial score (nSPS) is 18.2. The molecule has 0 aliphatic carbocycles. The Kier molecular flexibility index (Phi) is 5.95. The van der Waals surface area contributed by atoms with Crippen molar-refractivity contribution >= 4 is 23.4 Å². The Morgan fingerprint density at radius 1 is 1.20 bits per heavy atom. The van der Waals surface area contributed by atoms with Crippen molar-refractivity contribution in [2.45, 2.75) is 51.7 Å². The van der Waals surface area contributed by atoms with Crippen LogP contribution in [0.5, 0.6) is 0 Å². The van der Waals surface area contributed by atoms with Crippen molar-refractivity contribution in [1.29, 1.82) is 0 Å². The zero-order chi connectivity index (χ0) is 14.4. The molecule has 1 fully saturated rings. The van der Waals surface area contributed by atoms with E-state index in [1.165, 1.54) is 18.6 Å². The highest BCUT2D eigenvalue weighted by molar-refractivity contribution is 8.00. The molecule has 1 aromatic rings. The van der Waals surface area contributed by atoms with E-state index in [0.717, 1.165) is 54.2 Å². The van der Waals surface area contributed by atoms with Gasteiger partial charge in [-0.3, -0.25) is 0 Å². The van der Waals surface area contributed by atoms with Crippen LogP contribution in [0.2, 0.25) is 0 Å². The van der Waals surface area contributed by atoms with Gasteiger partial charge in [0, 0.05) is 30.3 Å². The van der Waals surface area contributed by atoms with Gasteiger partial charge in [0.25, 0.3) is 0 Å². The Bertz CT molecular complexity index is 430. The zero-order valence-corrected chi connectivity index (χ0v) is 13.6. The summed E-state index contributed by atoms with van der Waals surface area (Å²) in [7, 11) is 0. The monoisotopic (exact) mass is 294 g/mol. The highest BCUT2D eigenvalue weighted by Gasteiger charge is 2.17. The van der Waals surface area contributed by atoms with E-state index in [2.05, 4.69) is 48.2 Å². The van der Waals surface area contributed by atoms with Crippen molar-refractivity contribution in [1.82, 2.24) is 9.97 Å². The van der Waals surface area contributed by atoms with Crippen molar-refractivity contribution in [3.05, 3.63) is 11.4 Å². The lowest BCUT2D eigenvalue weighted by molar-refractivity contribution is 0.795. The van der Waals surface area contributed by atoms with Crippen molar-refractivity contribution < 1.29 is 0 Å². The first kappa shape index (κ1) is 15.4. The molecule has 112 valence electrons. The molecule has 1 aliphatic rings. The van der Waals surface area contributed by atoms with E-state index in [9.17, 15) is 0 Å². The van der Waals surface area contributed by atoms with E-state index in [0.29, 0.717) is 0 Å². The van der Waals surface area contributed by atoms with Crippen LogP contribution in [-0.2, 0) is 6.42 Å². The summed E-state index contributed by atoms with van der Waals surface area (Å²) in [6.45, 7) is 8.26. The van der Waals surface area contributed by atoms with Crippen molar-refractivity contribution in [2.24, 2.45) is 0 Å². The molecule has 1 saturated heterocycles. The van der Waals surface area contributed by atoms with E-state index in [4.69, 9.17) is 4.98 Å². The molecule has 0 spiro atoms. The maximum atomic E-state index is 4.69. The number of aromatic nitrogens is 2. The largest absolute Gasteiger partial charge is 0.370 e. The van der Waals surface area contributed by atoms with Gasteiger partial charge in [-0.05, 0) is 38.9 Å². The van der Waals surface area contributed by atoms with Crippen LogP contribution in [0.1, 0.15) is 44.5 Å². The third-order valence-electron chi connectivity index (χ3n) is 3.53. The predicted octanol–water partition coefficient (Wildman–Crippen LogP) is 3.48. The number of thioether (sulfide) groups is 1. The van der Waals surface area contributed by atoms with Crippen molar-refractivity contribution in [3.8, 4) is 0 Å². The van der Waals surface area contributed by atoms with Gasteiger partial charge < -0.3 is 10.6 Å². The molecule has 2 rings (SSSR count). The number of nitrogens with zero attached hydrogens (tertiary/aromatic N) is 2. The average molecular weight is 294 g/mol. The molecule has 1 unspecified atom stereocenters. The Labute approximate surface area is 126 Å². The van der Waals surface area contributed by atoms with Crippen molar-refractivity contribution in [2.75, 3.05) is 29.5 Å². The lowest BCUT2D eigenvalue weighted by Crippen LogP contribution is -2.17. The minimum Gasteiger partial charge on any atom is -0.370 e. The summed E-state index contributed by atoms with van der Waals surface area (Å²) < 4.78 is 0. The molecule has 0 radical (unpaired) electrons. The fraction of sp³-hybridized carbons (Fsp3) is 0.733. The van der Waals surface area contributed by atoms with Gasteiger partial charge in [-0.2, -0.15) is 11.8 Å². The standard InChI is InChI=1S/C15H26N4S/c1-4-7-13-18-14(16-5-2)11(3)15(19-13)17-10-12-8-6-9-20-12/h12H,4-10H2,1-3H3,(H2,16,17,18,19). The summed E-state index contributed by atoms with van der Waals surface area (Å²) in [5, 5.41) is 7.62. The summed E-state index contributed by atoms with van der Waals surface area (Å²) in [4.78, 5) is 9.32. The maximum Gasteiger partial charge on any atom is 0.134 e. The predicted molar refractivity (Wildman–Crippen MR) is 88.9 cm³/mol. The second kappa shape index (κ2) is 7.72. The summed E-state index contributed by atoms with van der Waals surface area (Å²) in [5.74, 6) is 4.23. The molecule has 5 heteroatoms. The highest BCUT2D eigenvalue weighted by Crippen LogP contribution is 2.27. The second-order valence-electron chi connectivity index (χ2n) is 5.26. The molecule has 0 bridgehead atoms. The number of rotatable bonds is 7. The summed E-state index contributed by atoms with van der Waals surface area (Å²) in [5.41, 5.74) is 1.13. The molecule has 2 N–H and O–H groups in total. The molecule has 4 nitrogen and oxygen atoms in total. The van der Waals surface area contributed by atoms with Crippen LogP contribution in [0.15, 0.2) is 0 Å². The van der Waals surface area contributed by atoms with Crippen LogP contribution < -0.4 is 10.6 Å². The van der Waals surface area contributed by atoms with Gasteiger partial charge in [-0.15, -0.1) is 0 Å². The van der Waals surface area contributed by atoms with Gasteiger partial charge in [-0.25, -0.2) is 9.97 Å². The molecule has 0 aromatic carbocycles. The van der Waals surface area contributed by atoms with E-state index < -0.39 is 0 Å². The number of aryl methyl sites for hydroxylation is 1. The molecule has 2 heterocycles. The molecule has 0 saturated carbocycles. The van der Waals surface area contributed by atoms with Gasteiger partial charge >= 0.3 is 0 Å². The van der Waals surface area contributed by atoms with Gasteiger partial charge in [0.2, 0.25) is 0 Å². The van der Waals surface area contributed by atoms with Crippen LogP contribution in [0.25, 0.3) is 0 Å². The van der Waals surface area contributed by atoms with Gasteiger partial charge in [0.15, 0.2) is 0 Å². The average Bonchev–Trinajstić information content (AvgIpc) is 2.94. The van der Waals surface area contributed by atoms with Crippen molar-refractivity contribution in [3.63, 3.8) is 0 Å². The van der Waals surface area contributed by atoms with Crippen LogP contribution in [-0.4, -0.2) is 34.1 Å². The van der Waals surface area contributed by atoms with E-state index in [-0.39, 0.29) is 0 Å². The van der Waals surface area contributed by atoms with E-state index in [1.807, 2.05) is 0 Å². The van der Waals surface area contributed by atoms with E-state index >= 15 is 0 Å². The fourth-order valence-electron chi connectivity index (χ4n) is 2.43. The van der Waals surface area contributed by atoms with Gasteiger partial charge in [-0.1, -0.05) is 6.92 Å². The third-order valence-corrected chi connectivity index (χ3v) is 4.93. The molecule has 1 aliphatic heterocycles. The fourth-order valence-corrected chi connectivity index (χ4v) is 3.63. The maximum absolute atomic E-state index is 4.69. The Morgan fingerprint density at radius 3 is 2.55 bits per heavy atom. The minimum atomic E-state index is 0.738. The number of hydrogen-bond donors (Lipinski definition) is 2. The molecule has 1 aromatic heterocycles. The molecule has 0 amide bonds. The first-order valence-corrected chi connectivity index (χ1v) is 8.76. The van der Waals surface area contributed by atoms with Crippen LogP contribution in [0.4, 0.5) is 11.6 Å². The lowest BCUT2D eigenvalue weighted by atomic mass is 10.2. The highest BCUT2D eigenvalue weighted by atomic mass is 32.2. The van der Waals surface area contributed by atoms with E-state index in [1.54, 1.807) is 0 Å². The molecule has 20 heavy (non-hydrogen) atoms. The molecular formula is C15H26N4S. The lowest BCUT2D eigenvalue weighted by Gasteiger charge is -2.16. The summed E-state index contributed by atoms with van der Waals surface area (Å²) in [6, 6.07) is 0. The Morgan fingerprint density at radius 2 is 1.95 bits per heavy atom. The third kappa shape index (κ3) is 4.01. The number of anilines is 2. The minimum absolute atomic E-state index is 0.738. The zero-order valence-electron chi connectivity index (χ0n) is 12.8. The smallest absolute Gasteiger partial charge is 0.134 e. The number of hydrogen-bond acceptors (Lipinski definition) is 5. The first-order chi connectivity index (χ1) is 9.74. The molecular weight excluding hydrogens is 268 g/mol. The number of nitrogens with one attached hydrogen (secondary N) is 2. The van der Waals surface area contributed by atoms with Gasteiger partial charge in [0.1, 0.15) is 17.5 Å². The first-order valence-electron chi connectivity index (χ1n) is 7.71.